The van der Waals surface area contributed by atoms with E-state index in [4.69, 9.17) is 5.73 Å². The third-order valence-corrected chi connectivity index (χ3v) is 3.28. The molecule has 1 heterocycles. The number of rotatable bonds is 6. The number of hydrogen-bond acceptors (Lipinski definition) is 6. The zero-order valence-corrected chi connectivity index (χ0v) is 11.8. The van der Waals surface area contributed by atoms with Crippen molar-refractivity contribution >= 4 is 28.2 Å². The fourth-order valence-electron chi connectivity index (χ4n) is 1.45. The van der Waals surface area contributed by atoms with Crippen LogP contribution in [0.25, 0.3) is 0 Å². The van der Waals surface area contributed by atoms with Crippen LogP contribution < -0.4 is 11.1 Å². The maximum absolute atomic E-state index is 12.1. The van der Waals surface area contributed by atoms with Gasteiger partial charge in [-0.15, -0.1) is 0 Å². The van der Waals surface area contributed by atoms with E-state index in [1.165, 1.54) is 16.2 Å². The predicted octanol–water partition coefficient (Wildman–Crippen LogP) is 1.00. The van der Waals surface area contributed by atoms with Crippen molar-refractivity contribution in [1.82, 2.24) is 9.88 Å². The maximum Gasteiger partial charge on any atom is 0.267 e. The number of carbonyl (C=O) groups is 1. The van der Waals surface area contributed by atoms with Gasteiger partial charge in [-0.05, 0) is 13.3 Å². The minimum absolute atomic E-state index is 0.213. The van der Waals surface area contributed by atoms with Crippen LogP contribution in [0.3, 0.4) is 0 Å². The zero-order chi connectivity index (χ0) is 13.7. The van der Waals surface area contributed by atoms with Gasteiger partial charge in [0, 0.05) is 20.1 Å². The van der Waals surface area contributed by atoms with Crippen molar-refractivity contribution in [2.24, 2.45) is 0 Å². The smallest absolute Gasteiger partial charge is 0.267 e. The Morgan fingerprint density at radius 1 is 1.67 bits per heavy atom. The van der Waals surface area contributed by atoms with Gasteiger partial charge in [0.05, 0.1) is 6.10 Å². The number of amides is 1. The highest BCUT2D eigenvalue weighted by Gasteiger charge is 2.20. The highest BCUT2D eigenvalue weighted by Crippen LogP contribution is 2.26. The van der Waals surface area contributed by atoms with Gasteiger partial charge in [-0.25, -0.2) is 4.98 Å². The van der Waals surface area contributed by atoms with Gasteiger partial charge < -0.3 is 21.1 Å². The third kappa shape index (κ3) is 3.85. The molecule has 0 saturated carbocycles. The van der Waals surface area contributed by atoms with Crippen LogP contribution in [0, 0.1) is 0 Å². The second-order valence-electron chi connectivity index (χ2n) is 4.19. The minimum Gasteiger partial charge on any atom is -0.392 e. The Kier molecular flexibility index (Phi) is 5.36. The molecule has 0 aliphatic heterocycles. The molecule has 102 valence electrons. The number of aliphatic hydroxyl groups excluding tert-OH is 1. The van der Waals surface area contributed by atoms with Crippen molar-refractivity contribution < 1.29 is 9.90 Å². The van der Waals surface area contributed by atoms with Crippen LogP contribution in [0.4, 0.5) is 10.9 Å². The van der Waals surface area contributed by atoms with Crippen molar-refractivity contribution in [2.45, 2.75) is 26.4 Å². The lowest BCUT2D eigenvalue weighted by atomic mass is 10.3. The highest BCUT2D eigenvalue weighted by atomic mass is 32.1. The standard InChI is InChI=1S/C11H20N4O2S/c1-4-5-13-11-14-9(12)8(18-11)10(17)15(3)6-7(2)16/h7,16H,4-6,12H2,1-3H3,(H,13,14). The van der Waals surface area contributed by atoms with Gasteiger partial charge in [0.1, 0.15) is 10.7 Å². The molecule has 1 atom stereocenters. The molecule has 0 radical (unpaired) electrons. The summed E-state index contributed by atoms with van der Waals surface area (Å²) < 4.78 is 0. The molecule has 1 aromatic heterocycles. The normalized spacial score (nSPS) is 12.2. The van der Waals surface area contributed by atoms with Crippen LogP contribution in [-0.4, -0.2) is 47.1 Å². The van der Waals surface area contributed by atoms with E-state index in [9.17, 15) is 9.90 Å². The Hall–Kier alpha value is -1.34. The molecule has 0 bridgehead atoms. The summed E-state index contributed by atoms with van der Waals surface area (Å²) in [6.07, 6.45) is 0.413. The van der Waals surface area contributed by atoms with E-state index >= 15 is 0 Å². The maximum atomic E-state index is 12.1. The van der Waals surface area contributed by atoms with E-state index < -0.39 is 6.10 Å². The number of nitrogen functional groups attached to an aromatic ring is 1. The number of aliphatic hydroxyl groups is 1. The van der Waals surface area contributed by atoms with Crippen molar-refractivity contribution in [3.8, 4) is 0 Å². The molecule has 6 nitrogen and oxygen atoms in total. The number of nitrogens with two attached hydrogens (primary N) is 1. The number of nitrogens with one attached hydrogen (secondary N) is 1. The van der Waals surface area contributed by atoms with E-state index in [0.29, 0.717) is 10.0 Å². The fraction of sp³-hybridized carbons (Fsp3) is 0.636. The van der Waals surface area contributed by atoms with Gasteiger partial charge in [-0.2, -0.15) is 0 Å². The van der Waals surface area contributed by atoms with Gasteiger partial charge in [0.25, 0.3) is 5.91 Å². The molecular weight excluding hydrogens is 252 g/mol. The zero-order valence-electron chi connectivity index (χ0n) is 10.9. The Balaban J connectivity index is 2.76. The fourth-order valence-corrected chi connectivity index (χ4v) is 2.35. The van der Waals surface area contributed by atoms with Crippen molar-refractivity contribution in [3.63, 3.8) is 0 Å². The molecule has 1 amide bonds. The lowest BCUT2D eigenvalue weighted by molar-refractivity contribution is 0.0709. The van der Waals surface area contributed by atoms with Crippen molar-refractivity contribution in [1.29, 1.82) is 0 Å². The van der Waals surface area contributed by atoms with Crippen LogP contribution in [0.2, 0.25) is 0 Å². The molecule has 0 aliphatic rings. The summed E-state index contributed by atoms with van der Waals surface area (Å²) in [6, 6.07) is 0. The number of thiazole rings is 1. The highest BCUT2D eigenvalue weighted by molar-refractivity contribution is 7.18. The number of anilines is 2. The molecule has 18 heavy (non-hydrogen) atoms. The second-order valence-corrected chi connectivity index (χ2v) is 5.19. The van der Waals surface area contributed by atoms with E-state index in [1.54, 1.807) is 14.0 Å². The molecule has 1 rings (SSSR count). The first-order chi connectivity index (χ1) is 8.45. The Morgan fingerprint density at radius 3 is 2.89 bits per heavy atom. The van der Waals surface area contributed by atoms with E-state index in [-0.39, 0.29) is 18.3 Å². The molecule has 1 aromatic rings. The van der Waals surface area contributed by atoms with Crippen molar-refractivity contribution in [2.75, 3.05) is 31.2 Å². The first-order valence-electron chi connectivity index (χ1n) is 5.89. The van der Waals surface area contributed by atoms with Gasteiger partial charge in [0.15, 0.2) is 5.13 Å². The van der Waals surface area contributed by atoms with Crippen LogP contribution in [0.5, 0.6) is 0 Å². The van der Waals surface area contributed by atoms with Gasteiger partial charge in [0.2, 0.25) is 0 Å². The monoisotopic (exact) mass is 272 g/mol. The minimum atomic E-state index is -0.564. The Morgan fingerprint density at radius 2 is 2.33 bits per heavy atom. The first-order valence-corrected chi connectivity index (χ1v) is 6.71. The van der Waals surface area contributed by atoms with Crippen LogP contribution in [0.1, 0.15) is 29.9 Å². The van der Waals surface area contributed by atoms with E-state index in [1.807, 2.05) is 6.92 Å². The topological polar surface area (TPSA) is 91.5 Å². The molecule has 4 N–H and O–H groups in total. The molecule has 0 fully saturated rings. The largest absolute Gasteiger partial charge is 0.392 e. The van der Waals surface area contributed by atoms with Crippen LogP contribution in [0.15, 0.2) is 0 Å². The molecule has 1 unspecified atom stereocenters. The Labute approximate surface area is 111 Å². The second kappa shape index (κ2) is 6.55. The molecule has 0 spiro atoms. The summed E-state index contributed by atoms with van der Waals surface area (Å²) in [5.41, 5.74) is 5.73. The summed E-state index contributed by atoms with van der Waals surface area (Å²) in [5, 5.41) is 13.0. The molecular formula is C11H20N4O2S. The average molecular weight is 272 g/mol. The number of likely N-dealkylation sites (N-methyl/N-ethyl adjacent to an activating group) is 1. The number of hydrogen-bond donors (Lipinski definition) is 3. The first kappa shape index (κ1) is 14.7. The molecule has 0 aromatic carbocycles. The predicted molar refractivity (Wildman–Crippen MR) is 73.9 cm³/mol. The van der Waals surface area contributed by atoms with Crippen LogP contribution in [-0.2, 0) is 0 Å². The van der Waals surface area contributed by atoms with Crippen LogP contribution >= 0.6 is 11.3 Å². The van der Waals surface area contributed by atoms with Crippen molar-refractivity contribution in [3.05, 3.63) is 4.88 Å². The molecule has 7 heteroatoms. The quantitative estimate of drug-likeness (QED) is 0.718. The number of carbonyl (C=O) groups excluding carboxylic acids is 1. The molecule has 0 aliphatic carbocycles. The SMILES string of the molecule is CCCNc1nc(N)c(C(=O)N(C)CC(C)O)s1. The average Bonchev–Trinajstić information content (AvgIpc) is 2.66. The summed E-state index contributed by atoms with van der Waals surface area (Å²) in [4.78, 5) is 18.0. The summed E-state index contributed by atoms with van der Waals surface area (Å²) >= 11 is 1.24. The summed E-state index contributed by atoms with van der Waals surface area (Å²) in [5.74, 6) is 0.0245. The lowest BCUT2D eigenvalue weighted by Gasteiger charge is -2.17. The van der Waals surface area contributed by atoms with E-state index in [0.717, 1.165) is 13.0 Å². The number of nitrogens with zero attached hydrogens (tertiary/aromatic N) is 2. The van der Waals surface area contributed by atoms with Gasteiger partial charge >= 0.3 is 0 Å². The third-order valence-electron chi connectivity index (χ3n) is 2.26. The summed E-state index contributed by atoms with van der Waals surface area (Å²) in [6.45, 7) is 4.75. The van der Waals surface area contributed by atoms with Gasteiger partial charge in [-0.1, -0.05) is 18.3 Å². The summed E-state index contributed by atoms with van der Waals surface area (Å²) in [7, 11) is 1.63. The van der Waals surface area contributed by atoms with Gasteiger partial charge in [-0.3, -0.25) is 4.79 Å². The lowest BCUT2D eigenvalue weighted by Crippen LogP contribution is -2.32. The number of aromatic nitrogens is 1. The molecule has 0 saturated heterocycles. The Bertz CT molecular complexity index is 406. The van der Waals surface area contributed by atoms with E-state index in [2.05, 4.69) is 10.3 Å².